The third-order valence-electron chi connectivity index (χ3n) is 6.60. The number of amides is 2. The molecule has 1 saturated heterocycles. The van der Waals surface area contributed by atoms with E-state index in [1.807, 2.05) is 44.2 Å². The fraction of sp³-hybridized carbons (Fsp3) is 0.259. The number of rotatable bonds is 5. The molecule has 2 amide bonds. The molecule has 1 fully saturated rings. The first kappa shape index (κ1) is 21.8. The second-order valence-corrected chi connectivity index (χ2v) is 8.69. The SMILES string of the molecule is CCCNC(=O)[C@@]1(c2ccncc2)[C@@H]2c3cc(C)ccc3OC(=O)[C@H]2C(=O)N1c1ccccc1. The first-order valence-corrected chi connectivity index (χ1v) is 11.4. The number of aromatic nitrogens is 1. The molecule has 0 saturated carbocycles. The topological polar surface area (TPSA) is 88.6 Å². The predicted molar refractivity (Wildman–Crippen MR) is 126 cm³/mol. The number of esters is 1. The van der Waals surface area contributed by atoms with Gasteiger partial charge in [-0.05, 0) is 49.2 Å². The smallest absolute Gasteiger partial charge is 0.324 e. The number of anilines is 1. The normalized spacial score (nSPS) is 23.2. The number of nitrogens with one attached hydrogen (secondary N) is 1. The molecule has 0 spiro atoms. The van der Waals surface area contributed by atoms with Crippen molar-refractivity contribution >= 4 is 23.5 Å². The molecule has 3 aromatic rings. The number of ether oxygens (including phenoxy) is 1. The number of aryl methyl sites for hydroxylation is 1. The Morgan fingerprint density at radius 3 is 2.53 bits per heavy atom. The van der Waals surface area contributed by atoms with Crippen LogP contribution in [0, 0.1) is 12.8 Å². The van der Waals surface area contributed by atoms with Crippen LogP contribution in [0.5, 0.6) is 5.75 Å². The van der Waals surface area contributed by atoms with E-state index in [0.717, 1.165) is 12.0 Å². The lowest BCUT2D eigenvalue weighted by atomic mass is 9.69. The van der Waals surface area contributed by atoms with Gasteiger partial charge in [-0.3, -0.25) is 24.3 Å². The van der Waals surface area contributed by atoms with E-state index in [1.165, 1.54) is 4.90 Å². The number of fused-ring (bicyclic) bond motifs is 3. The number of pyridine rings is 1. The molecular formula is C27H25N3O4. The average Bonchev–Trinajstić information content (AvgIpc) is 3.15. The number of carbonyl (C=O) groups excluding carboxylic acids is 3. The van der Waals surface area contributed by atoms with Crippen LogP contribution in [0.2, 0.25) is 0 Å². The van der Waals surface area contributed by atoms with E-state index >= 15 is 0 Å². The van der Waals surface area contributed by atoms with Gasteiger partial charge in [0.2, 0.25) is 5.91 Å². The predicted octanol–water partition coefficient (Wildman–Crippen LogP) is 3.48. The van der Waals surface area contributed by atoms with Crippen molar-refractivity contribution in [3.63, 3.8) is 0 Å². The van der Waals surface area contributed by atoms with Gasteiger partial charge in [0.15, 0.2) is 5.54 Å². The zero-order valence-electron chi connectivity index (χ0n) is 19.0. The molecule has 3 atom stereocenters. The molecule has 1 N–H and O–H groups in total. The number of benzene rings is 2. The Balaban J connectivity index is 1.87. The van der Waals surface area contributed by atoms with Crippen molar-refractivity contribution in [3.05, 3.63) is 89.7 Å². The molecule has 0 bridgehead atoms. The van der Waals surface area contributed by atoms with Crippen molar-refractivity contribution in [3.8, 4) is 5.75 Å². The first-order valence-electron chi connectivity index (χ1n) is 11.4. The van der Waals surface area contributed by atoms with Gasteiger partial charge in [-0.2, -0.15) is 0 Å². The van der Waals surface area contributed by atoms with E-state index in [4.69, 9.17) is 4.74 Å². The second kappa shape index (κ2) is 8.41. The van der Waals surface area contributed by atoms with E-state index in [2.05, 4.69) is 10.3 Å². The van der Waals surface area contributed by atoms with Gasteiger partial charge in [0.25, 0.3) is 5.91 Å². The Labute approximate surface area is 197 Å². The maximum absolute atomic E-state index is 14.2. The zero-order valence-corrected chi connectivity index (χ0v) is 19.0. The van der Waals surface area contributed by atoms with Crippen molar-refractivity contribution in [1.82, 2.24) is 10.3 Å². The molecule has 3 heterocycles. The van der Waals surface area contributed by atoms with Gasteiger partial charge in [-0.15, -0.1) is 0 Å². The maximum Gasteiger partial charge on any atom is 0.324 e. The van der Waals surface area contributed by atoms with Gasteiger partial charge in [0.05, 0.1) is 0 Å². The van der Waals surface area contributed by atoms with Crippen molar-refractivity contribution in [1.29, 1.82) is 0 Å². The molecule has 2 aliphatic heterocycles. The molecule has 5 rings (SSSR count). The molecule has 0 unspecified atom stereocenters. The van der Waals surface area contributed by atoms with Crippen LogP contribution in [0.4, 0.5) is 5.69 Å². The van der Waals surface area contributed by atoms with Crippen LogP contribution in [0.15, 0.2) is 73.1 Å². The lowest BCUT2D eigenvalue weighted by molar-refractivity contribution is -0.144. The molecule has 0 radical (unpaired) electrons. The quantitative estimate of drug-likeness (QED) is 0.362. The summed E-state index contributed by atoms with van der Waals surface area (Å²) in [7, 11) is 0. The second-order valence-electron chi connectivity index (χ2n) is 8.69. The minimum atomic E-state index is -1.51. The summed E-state index contributed by atoms with van der Waals surface area (Å²) in [6, 6.07) is 18.0. The van der Waals surface area contributed by atoms with Gasteiger partial charge in [-0.1, -0.05) is 42.8 Å². The number of para-hydroxylation sites is 1. The number of hydrogen-bond acceptors (Lipinski definition) is 5. The van der Waals surface area contributed by atoms with Crippen LogP contribution < -0.4 is 15.0 Å². The molecule has 34 heavy (non-hydrogen) atoms. The Hall–Kier alpha value is -4.00. The number of nitrogens with zero attached hydrogens (tertiary/aromatic N) is 2. The molecule has 2 aromatic carbocycles. The minimum absolute atomic E-state index is 0.340. The summed E-state index contributed by atoms with van der Waals surface area (Å²) < 4.78 is 5.61. The van der Waals surface area contributed by atoms with Crippen LogP contribution in [0.3, 0.4) is 0 Å². The fourth-order valence-corrected chi connectivity index (χ4v) is 5.22. The number of hydrogen-bond donors (Lipinski definition) is 1. The van der Waals surface area contributed by atoms with E-state index in [1.54, 1.807) is 42.7 Å². The number of carbonyl (C=O) groups is 3. The highest BCUT2D eigenvalue weighted by Crippen LogP contribution is 2.58. The van der Waals surface area contributed by atoms with Gasteiger partial charge < -0.3 is 10.1 Å². The van der Waals surface area contributed by atoms with Gasteiger partial charge in [0, 0.05) is 36.1 Å². The van der Waals surface area contributed by atoms with E-state index < -0.39 is 29.3 Å². The largest absolute Gasteiger partial charge is 0.426 e. The molecule has 172 valence electrons. The highest BCUT2D eigenvalue weighted by molar-refractivity contribution is 6.17. The Kier molecular flexibility index (Phi) is 5.40. The van der Waals surface area contributed by atoms with Crippen LogP contribution in [0.1, 0.15) is 36.0 Å². The average molecular weight is 456 g/mol. The van der Waals surface area contributed by atoms with Gasteiger partial charge >= 0.3 is 5.97 Å². The van der Waals surface area contributed by atoms with Gasteiger partial charge in [0.1, 0.15) is 11.7 Å². The Morgan fingerprint density at radius 1 is 1.09 bits per heavy atom. The van der Waals surface area contributed by atoms with Crippen LogP contribution in [-0.2, 0) is 19.9 Å². The van der Waals surface area contributed by atoms with Crippen molar-refractivity contribution in [2.45, 2.75) is 31.7 Å². The van der Waals surface area contributed by atoms with Crippen molar-refractivity contribution < 1.29 is 19.1 Å². The monoisotopic (exact) mass is 455 g/mol. The summed E-state index contributed by atoms with van der Waals surface area (Å²) in [5, 5.41) is 3.02. The lowest BCUT2D eigenvalue weighted by Crippen LogP contribution is -2.57. The van der Waals surface area contributed by atoms with Gasteiger partial charge in [-0.25, -0.2) is 0 Å². The van der Waals surface area contributed by atoms with E-state index in [-0.39, 0.29) is 5.91 Å². The minimum Gasteiger partial charge on any atom is -0.426 e. The molecular weight excluding hydrogens is 430 g/mol. The van der Waals surface area contributed by atoms with Crippen LogP contribution in [-0.4, -0.2) is 29.3 Å². The van der Waals surface area contributed by atoms with Crippen LogP contribution >= 0.6 is 0 Å². The highest BCUT2D eigenvalue weighted by Gasteiger charge is 2.68. The summed E-state index contributed by atoms with van der Waals surface area (Å²) in [6.07, 6.45) is 3.93. The Morgan fingerprint density at radius 2 is 1.82 bits per heavy atom. The summed E-state index contributed by atoms with van der Waals surface area (Å²) in [6.45, 7) is 4.33. The van der Waals surface area contributed by atoms with Crippen molar-refractivity contribution in [2.75, 3.05) is 11.4 Å². The molecule has 1 aromatic heterocycles. The Bertz CT molecular complexity index is 1260. The fourth-order valence-electron chi connectivity index (χ4n) is 5.22. The van der Waals surface area contributed by atoms with E-state index in [9.17, 15) is 14.4 Å². The first-order chi connectivity index (χ1) is 16.5. The summed E-state index contributed by atoms with van der Waals surface area (Å²) >= 11 is 0. The third-order valence-corrected chi connectivity index (χ3v) is 6.60. The third kappa shape index (κ3) is 3.11. The lowest BCUT2D eigenvalue weighted by Gasteiger charge is -2.42. The molecule has 2 aliphatic rings. The van der Waals surface area contributed by atoms with E-state index in [0.29, 0.717) is 29.1 Å². The summed E-state index contributed by atoms with van der Waals surface area (Å²) in [5.74, 6) is -3.01. The highest BCUT2D eigenvalue weighted by atomic mass is 16.5. The summed E-state index contributed by atoms with van der Waals surface area (Å²) in [4.78, 5) is 47.2. The molecule has 7 heteroatoms. The zero-order chi connectivity index (χ0) is 23.9. The molecule has 0 aliphatic carbocycles. The standard InChI is InChI=1S/C27H25N3O4/c1-3-13-29-26(33)27(18-11-14-28-15-12-18)23-20-16-17(2)9-10-21(20)34-25(32)22(23)24(31)30(27)19-7-5-4-6-8-19/h4-12,14-16,22-23H,3,13H2,1-2H3,(H,29,33)/t22-,23-,27-/m1/s1. The van der Waals surface area contributed by atoms with Crippen molar-refractivity contribution in [2.24, 2.45) is 5.92 Å². The summed E-state index contributed by atoms with van der Waals surface area (Å²) in [5.41, 5.74) is 1.22. The van der Waals surface area contributed by atoms with Crippen LogP contribution in [0.25, 0.3) is 0 Å². The molecule has 7 nitrogen and oxygen atoms in total. The maximum atomic E-state index is 14.2.